The second-order valence-electron chi connectivity index (χ2n) is 4.32. The van der Waals surface area contributed by atoms with E-state index in [4.69, 9.17) is 10.2 Å². The van der Waals surface area contributed by atoms with Gasteiger partial charge < -0.3 is 15.5 Å². The standard InChI is InChI=1S/C12H15N3O3S/c1-6(3-4-16)15-10-8-7(2)9(12(17)18)19-11(8)14-5-13-10/h5-6,16H,3-4H2,1-2H3,(H,17,18)(H,13,14,15). The zero-order valence-electron chi connectivity index (χ0n) is 10.7. The number of hydrogen-bond acceptors (Lipinski definition) is 6. The molecule has 0 aliphatic rings. The molecule has 7 heteroatoms. The number of carboxylic acid groups (broad SMARTS) is 1. The van der Waals surface area contributed by atoms with E-state index in [1.165, 1.54) is 6.33 Å². The van der Waals surface area contributed by atoms with Crippen LogP contribution >= 0.6 is 11.3 Å². The summed E-state index contributed by atoms with van der Waals surface area (Å²) in [6.45, 7) is 3.78. The number of carboxylic acids is 1. The number of aromatic carboxylic acids is 1. The van der Waals surface area contributed by atoms with Crippen molar-refractivity contribution >= 4 is 33.3 Å². The summed E-state index contributed by atoms with van der Waals surface area (Å²) in [7, 11) is 0. The van der Waals surface area contributed by atoms with Crippen molar-refractivity contribution in [1.82, 2.24) is 9.97 Å². The maximum absolute atomic E-state index is 11.1. The molecule has 19 heavy (non-hydrogen) atoms. The number of anilines is 1. The van der Waals surface area contributed by atoms with Gasteiger partial charge in [-0.05, 0) is 25.8 Å². The van der Waals surface area contributed by atoms with Crippen molar-refractivity contribution in [3.8, 4) is 0 Å². The lowest BCUT2D eigenvalue weighted by Gasteiger charge is -2.13. The van der Waals surface area contributed by atoms with E-state index in [2.05, 4.69) is 15.3 Å². The van der Waals surface area contributed by atoms with Crippen molar-refractivity contribution in [3.05, 3.63) is 16.8 Å². The Kier molecular flexibility index (Phi) is 3.96. The Morgan fingerprint density at radius 1 is 1.53 bits per heavy atom. The molecule has 0 aliphatic heterocycles. The lowest BCUT2D eigenvalue weighted by atomic mass is 10.2. The zero-order valence-corrected chi connectivity index (χ0v) is 11.5. The number of hydrogen-bond donors (Lipinski definition) is 3. The van der Waals surface area contributed by atoms with Gasteiger partial charge in [-0.3, -0.25) is 0 Å². The van der Waals surface area contributed by atoms with Crippen molar-refractivity contribution < 1.29 is 15.0 Å². The van der Waals surface area contributed by atoms with Gasteiger partial charge in [0.2, 0.25) is 0 Å². The average Bonchev–Trinajstić information content (AvgIpc) is 2.68. The molecule has 0 aromatic carbocycles. The van der Waals surface area contributed by atoms with Crippen LogP contribution in [0.2, 0.25) is 0 Å². The van der Waals surface area contributed by atoms with Gasteiger partial charge in [0.15, 0.2) is 0 Å². The maximum Gasteiger partial charge on any atom is 0.346 e. The van der Waals surface area contributed by atoms with E-state index in [0.29, 0.717) is 22.6 Å². The van der Waals surface area contributed by atoms with Crippen molar-refractivity contribution in [2.75, 3.05) is 11.9 Å². The minimum atomic E-state index is -0.949. The summed E-state index contributed by atoms with van der Waals surface area (Å²) in [6.07, 6.45) is 2.01. The third-order valence-corrected chi connectivity index (χ3v) is 4.05. The Bertz CT molecular complexity index is 612. The highest BCUT2D eigenvalue weighted by atomic mass is 32.1. The number of aryl methyl sites for hydroxylation is 1. The average molecular weight is 281 g/mol. The molecular formula is C12H15N3O3S. The first-order valence-electron chi connectivity index (χ1n) is 5.89. The van der Waals surface area contributed by atoms with Gasteiger partial charge in [0.1, 0.15) is 21.9 Å². The number of carbonyl (C=O) groups is 1. The molecule has 0 aliphatic carbocycles. The molecule has 3 N–H and O–H groups in total. The smallest absolute Gasteiger partial charge is 0.346 e. The Morgan fingerprint density at radius 3 is 2.89 bits per heavy atom. The molecule has 102 valence electrons. The van der Waals surface area contributed by atoms with E-state index in [-0.39, 0.29) is 17.5 Å². The van der Waals surface area contributed by atoms with E-state index in [1.54, 1.807) is 6.92 Å². The van der Waals surface area contributed by atoms with Crippen LogP contribution in [0.3, 0.4) is 0 Å². The predicted octanol–water partition coefficient (Wildman–Crippen LogP) is 1.88. The van der Waals surface area contributed by atoms with Crippen LogP contribution in [0.4, 0.5) is 5.82 Å². The van der Waals surface area contributed by atoms with Crippen LogP contribution in [0.25, 0.3) is 10.2 Å². The second kappa shape index (κ2) is 5.50. The fourth-order valence-corrected chi connectivity index (χ4v) is 2.87. The van der Waals surface area contributed by atoms with Crippen LogP contribution in [0.15, 0.2) is 6.33 Å². The number of aliphatic hydroxyl groups excluding tert-OH is 1. The van der Waals surface area contributed by atoms with Crippen LogP contribution in [0, 0.1) is 6.92 Å². The molecular weight excluding hydrogens is 266 g/mol. The molecule has 0 saturated heterocycles. The highest BCUT2D eigenvalue weighted by Crippen LogP contribution is 2.33. The van der Waals surface area contributed by atoms with Crippen LogP contribution in [-0.4, -0.2) is 38.8 Å². The third-order valence-electron chi connectivity index (χ3n) is 2.87. The van der Waals surface area contributed by atoms with E-state index >= 15 is 0 Å². The normalized spacial score (nSPS) is 12.6. The van der Waals surface area contributed by atoms with E-state index in [9.17, 15) is 4.79 Å². The van der Waals surface area contributed by atoms with Gasteiger partial charge in [0.05, 0.1) is 5.39 Å². The first kappa shape index (κ1) is 13.7. The topological polar surface area (TPSA) is 95.3 Å². The monoisotopic (exact) mass is 281 g/mol. The summed E-state index contributed by atoms with van der Waals surface area (Å²) in [5.41, 5.74) is 0.673. The van der Waals surface area contributed by atoms with E-state index in [1.807, 2.05) is 6.92 Å². The van der Waals surface area contributed by atoms with Gasteiger partial charge in [0, 0.05) is 12.6 Å². The molecule has 0 bridgehead atoms. The Balaban J connectivity index is 2.47. The molecule has 0 saturated carbocycles. The molecule has 1 unspecified atom stereocenters. The number of rotatable bonds is 5. The van der Waals surface area contributed by atoms with Crippen LogP contribution in [-0.2, 0) is 0 Å². The Morgan fingerprint density at radius 2 is 2.26 bits per heavy atom. The SMILES string of the molecule is Cc1c(C(=O)O)sc2ncnc(NC(C)CCO)c12. The zero-order chi connectivity index (χ0) is 14.0. The van der Waals surface area contributed by atoms with Gasteiger partial charge in [-0.1, -0.05) is 0 Å². The van der Waals surface area contributed by atoms with Gasteiger partial charge in [-0.2, -0.15) is 0 Å². The largest absolute Gasteiger partial charge is 0.477 e. The Hall–Kier alpha value is -1.73. The number of aromatic nitrogens is 2. The third kappa shape index (κ3) is 2.66. The molecule has 0 fully saturated rings. The van der Waals surface area contributed by atoms with Crippen LogP contribution in [0.5, 0.6) is 0 Å². The first-order valence-corrected chi connectivity index (χ1v) is 6.71. The van der Waals surface area contributed by atoms with Crippen molar-refractivity contribution in [3.63, 3.8) is 0 Å². The highest BCUT2D eigenvalue weighted by molar-refractivity contribution is 7.20. The highest BCUT2D eigenvalue weighted by Gasteiger charge is 2.19. The van der Waals surface area contributed by atoms with E-state index < -0.39 is 5.97 Å². The van der Waals surface area contributed by atoms with Crippen LogP contribution in [0.1, 0.15) is 28.6 Å². The van der Waals surface area contributed by atoms with Gasteiger partial charge >= 0.3 is 5.97 Å². The number of nitrogens with one attached hydrogen (secondary N) is 1. The van der Waals surface area contributed by atoms with Gasteiger partial charge in [-0.25, -0.2) is 14.8 Å². The summed E-state index contributed by atoms with van der Waals surface area (Å²) < 4.78 is 0. The summed E-state index contributed by atoms with van der Waals surface area (Å²) >= 11 is 1.15. The van der Waals surface area contributed by atoms with Crippen molar-refractivity contribution in [1.29, 1.82) is 0 Å². The summed E-state index contributed by atoms with van der Waals surface area (Å²) in [5, 5.41) is 22.0. The second-order valence-corrected chi connectivity index (χ2v) is 5.32. The summed E-state index contributed by atoms with van der Waals surface area (Å²) in [5.74, 6) is -0.331. The van der Waals surface area contributed by atoms with Crippen molar-refractivity contribution in [2.24, 2.45) is 0 Å². The lowest BCUT2D eigenvalue weighted by Crippen LogP contribution is -2.17. The fourth-order valence-electron chi connectivity index (χ4n) is 1.88. The minimum Gasteiger partial charge on any atom is -0.477 e. The minimum absolute atomic E-state index is 0.0516. The van der Waals surface area contributed by atoms with Crippen LogP contribution < -0.4 is 5.32 Å². The molecule has 6 nitrogen and oxygen atoms in total. The number of aliphatic hydroxyl groups is 1. The van der Waals surface area contributed by atoms with Crippen molar-refractivity contribution in [2.45, 2.75) is 26.3 Å². The molecule has 2 aromatic rings. The fraction of sp³-hybridized carbons (Fsp3) is 0.417. The molecule has 0 amide bonds. The maximum atomic E-state index is 11.1. The molecule has 2 heterocycles. The van der Waals surface area contributed by atoms with Gasteiger partial charge in [0.25, 0.3) is 0 Å². The van der Waals surface area contributed by atoms with E-state index in [0.717, 1.165) is 16.7 Å². The number of nitrogens with zero attached hydrogens (tertiary/aromatic N) is 2. The Labute approximate surface area is 114 Å². The number of fused-ring (bicyclic) bond motifs is 1. The molecule has 2 aromatic heterocycles. The lowest BCUT2D eigenvalue weighted by molar-refractivity contribution is 0.0701. The molecule has 2 rings (SSSR count). The number of thiophene rings is 1. The summed E-state index contributed by atoms with van der Waals surface area (Å²) in [6, 6.07) is 0.0516. The van der Waals surface area contributed by atoms with Gasteiger partial charge in [-0.15, -0.1) is 11.3 Å². The molecule has 1 atom stereocenters. The molecule has 0 spiro atoms. The quantitative estimate of drug-likeness (QED) is 0.774. The summed E-state index contributed by atoms with van der Waals surface area (Å²) in [4.78, 5) is 20.4. The first-order chi connectivity index (χ1) is 9.04. The predicted molar refractivity (Wildman–Crippen MR) is 73.9 cm³/mol. The molecule has 0 radical (unpaired) electrons.